The van der Waals surface area contributed by atoms with Crippen molar-refractivity contribution in [1.82, 2.24) is 29.0 Å². The van der Waals surface area contributed by atoms with Crippen molar-refractivity contribution >= 4 is 34.6 Å². The van der Waals surface area contributed by atoms with Gasteiger partial charge in [0.2, 0.25) is 0 Å². The van der Waals surface area contributed by atoms with Crippen LogP contribution in [-0.4, -0.2) is 41.5 Å². The molecule has 0 aliphatic carbocycles. The standard InChI is InChI=1S/C20H15Cl2FN6O2/c21-14-7-16-19(30)24-8-12(29(16)18(14)22)5-11-1-2-15(23)13(6-11)20(31)27-3-4-28-10-25-26-17(28)9-27/h1-2,6-8,10H,3-5,9H2,(H,24,30). The number of amides is 1. The first-order chi connectivity index (χ1) is 14.9. The average Bonchev–Trinajstić information content (AvgIpc) is 3.35. The van der Waals surface area contributed by atoms with E-state index < -0.39 is 11.7 Å². The number of nitrogens with one attached hydrogen (secondary N) is 1. The second-order valence-electron chi connectivity index (χ2n) is 7.27. The van der Waals surface area contributed by atoms with E-state index in [-0.39, 0.29) is 27.8 Å². The first kappa shape index (κ1) is 19.8. The highest BCUT2D eigenvalue weighted by atomic mass is 35.5. The molecule has 11 heteroatoms. The maximum atomic E-state index is 14.6. The van der Waals surface area contributed by atoms with Gasteiger partial charge in [0.25, 0.3) is 11.5 Å². The number of hydrogen-bond donors (Lipinski definition) is 1. The number of halogens is 3. The molecule has 0 atom stereocenters. The number of fused-ring (bicyclic) bond motifs is 2. The van der Waals surface area contributed by atoms with Gasteiger partial charge in [-0.2, -0.15) is 0 Å². The summed E-state index contributed by atoms with van der Waals surface area (Å²) in [7, 11) is 0. The maximum absolute atomic E-state index is 14.6. The summed E-state index contributed by atoms with van der Waals surface area (Å²) in [4.78, 5) is 29.3. The van der Waals surface area contributed by atoms with Gasteiger partial charge in [0.1, 0.15) is 22.8 Å². The summed E-state index contributed by atoms with van der Waals surface area (Å²) < 4.78 is 18.0. The van der Waals surface area contributed by atoms with Crippen molar-refractivity contribution in [1.29, 1.82) is 0 Å². The van der Waals surface area contributed by atoms with E-state index in [2.05, 4.69) is 15.2 Å². The number of aromatic nitrogens is 5. The van der Waals surface area contributed by atoms with E-state index in [4.69, 9.17) is 23.2 Å². The fourth-order valence-corrected chi connectivity index (χ4v) is 4.23. The second-order valence-corrected chi connectivity index (χ2v) is 8.04. The van der Waals surface area contributed by atoms with E-state index in [1.807, 2.05) is 4.57 Å². The van der Waals surface area contributed by atoms with Gasteiger partial charge in [0, 0.05) is 31.4 Å². The summed E-state index contributed by atoms with van der Waals surface area (Å²) in [6.07, 6.45) is 3.44. The smallest absolute Gasteiger partial charge is 0.272 e. The topological polar surface area (TPSA) is 88.3 Å². The van der Waals surface area contributed by atoms with Gasteiger partial charge in [-0.15, -0.1) is 10.2 Å². The molecule has 1 aromatic carbocycles. The monoisotopic (exact) mass is 460 g/mol. The molecule has 4 heterocycles. The van der Waals surface area contributed by atoms with Gasteiger partial charge in [-0.3, -0.25) is 14.0 Å². The molecule has 158 valence electrons. The number of carbonyl (C=O) groups excluding carboxylic acids is 1. The lowest BCUT2D eigenvalue weighted by Gasteiger charge is -2.27. The minimum Gasteiger partial charge on any atom is -0.329 e. The highest BCUT2D eigenvalue weighted by molar-refractivity contribution is 6.42. The number of H-pyrrole nitrogens is 1. The Morgan fingerprint density at radius 3 is 2.90 bits per heavy atom. The zero-order valence-electron chi connectivity index (χ0n) is 16.0. The molecule has 3 aromatic heterocycles. The minimum absolute atomic E-state index is 0.0252. The van der Waals surface area contributed by atoms with Gasteiger partial charge in [0.05, 0.1) is 17.1 Å². The number of benzene rings is 1. The molecule has 1 N–H and O–H groups in total. The Labute approximate surface area is 184 Å². The van der Waals surface area contributed by atoms with Crippen molar-refractivity contribution in [2.75, 3.05) is 6.54 Å². The molecule has 4 aromatic rings. The van der Waals surface area contributed by atoms with Crippen LogP contribution in [0.15, 0.2) is 41.6 Å². The predicted molar refractivity (Wildman–Crippen MR) is 112 cm³/mol. The molecule has 0 bridgehead atoms. The molecule has 8 nitrogen and oxygen atoms in total. The van der Waals surface area contributed by atoms with Gasteiger partial charge >= 0.3 is 0 Å². The van der Waals surface area contributed by atoms with Crippen molar-refractivity contribution in [3.05, 3.63) is 85.8 Å². The molecular weight excluding hydrogens is 446 g/mol. The molecule has 0 saturated carbocycles. The molecule has 1 aliphatic rings. The minimum atomic E-state index is -0.602. The first-order valence-electron chi connectivity index (χ1n) is 9.44. The lowest BCUT2D eigenvalue weighted by Crippen LogP contribution is -2.38. The van der Waals surface area contributed by atoms with Gasteiger partial charge in [-0.05, 0) is 23.8 Å². The normalized spacial score (nSPS) is 13.6. The van der Waals surface area contributed by atoms with Gasteiger partial charge < -0.3 is 14.5 Å². The summed E-state index contributed by atoms with van der Waals surface area (Å²) in [5, 5.41) is 8.31. The molecule has 0 saturated heterocycles. The molecular formula is C20H15Cl2FN6O2. The van der Waals surface area contributed by atoms with Crippen LogP contribution in [0.4, 0.5) is 4.39 Å². The Bertz CT molecular complexity index is 1390. The van der Waals surface area contributed by atoms with E-state index in [9.17, 15) is 14.0 Å². The Hall–Kier alpha value is -3.17. The lowest BCUT2D eigenvalue weighted by molar-refractivity contribution is 0.0702. The third-order valence-corrected chi connectivity index (χ3v) is 6.12. The highest BCUT2D eigenvalue weighted by Gasteiger charge is 2.25. The summed E-state index contributed by atoms with van der Waals surface area (Å²) in [6, 6.07) is 5.87. The van der Waals surface area contributed by atoms with Crippen molar-refractivity contribution in [2.24, 2.45) is 0 Å². The van der Waals surface area contributed by atoms with Gasteiger partial charge in [0.15, 0.2) is 5.82 Å². The van der Waals surface area contributed by atoms with Crippen LogP contribution >= 0.6 is 23.2 Å². The van der Waals surface area contributed by atoms with E-state index in [0.717, 1.165) is 0 Å². The molecule has 31 heavy (non-hydrogen) atoms. The maximum Gasteiger partial charge on any atom is 0.272 e. The van der Waals surface area contributed by atoms with Gasteiger partial charge in [-0.25, -0.2) is 4.39 Å². The van der Waals surface area contributed by atoms with Crippen LogP contribution in [0.1, 0.15) is 27.4 Å². The molecule has 1 aliphatic heterocycles. The van der Waals surface area contributed by atoms with Crippen molar-refractivity contribution in [3.8, 4) is 0 Å². The van der Waals surface area contributed by atoms with Crippen LogP contribution in [-0.2, 0) is 19.5 Å². The number of rotatable bonds is 3. The van der Waals surface area contributed by atoms with Gasteiger partial charge in [-0.1, -0.05) is 29.3 Å². The zero-order valence-corrected chi connectivity index (χ0v) is 17.5. The van der Waals surface area contributed by atoms with E-state index >= 15 is 0 Å². The number of hydrogen-bond acceptors (Lipinski definition) is 4. The van der Waals surface area contributed by atoms with Crippen molar-refractivity contribution < 1.29 is 9.18 Å². The number of carbonyl (C=O) groups is 1. The SMILES string of the molecule is O=C(c1cc(Cc2c[nH]c(=O)c3cc(Cl)c(Cl)n23)ccc1F)N1CCn2cnnc2C1. The summed E-state index contributed by atoms with van der Waals surface area (Å²) >= 11 is 12.4. The van der Waals surface area contributed by atoms with Crippen LogP contribution < -0.4 is 5.56 Å². The van der Waals surface area contributed by atoms with E-state index in [1.54, 1.807) is 21.7 Å². The van der Waals surface area contributed by atoms with Crippen LogP contribution in [0, 0.1) is 5.82 Å². The summed E-state index contributed by atoms with van der Waals surface area (Å²) in [5.74, 6) is -0.359. The van der Waals surface area contributed by atoms with Crippen LogP contribution in [0.2, 0.25) is 10.2 Å². The molecule has 0 spiro atoms. The van der Waals surface area contributed by atoms with E-state index in [0.29, 0.717) is 42.1 Å². The van der Waals surface area contributed by atoms with Crippen LogP contribution in [0.3, 0.4) is 0 Å². The Kier molecular flexibility index (Phi) is 4.79. The Morgan fingerprint density at radius 1 is 1.23 bits per heavy atom. The fourth-order valence-electron chi connectivity index (χ4n) is 3.79. The molecule has 5 rings (SSSR count). The first-order valence-corrected chi connectivity index (χ1v) is 10.2. The van der Waals surface area contributed by atoms with Crippen molar-refractivity contribution in [2.45, 2.75) is 19.5 Å². The molecule has 1 amide bonds. The number of aromatic amines is 1. The molecule has 0 fully saturated rings. The molecule has 0 unspecified atom stereocenters. The fraction of sp³-hybridized carbons (Fsp3) is 0.200. The lowest BCUT2D eigenvalue weighted by atomic mass is 10.0. The van der Waals surface area contributed by atoms with Crippen LogP contribution in [0.25, 0.3) is 5.52 Å². The predicted octanol–water partition coefficient (Wildman–Crippen LogP) is 2.91. The quantitative estimate of drug-likeness (QED) is 0.508. The summed E-state index contributed by atoms with van der Waals surface area (Å²) in [6.45, 7) is 1.25. The number of nitrogens with zero attached hydrogens (tertiary/aromatic N) is 5. The highest BCUT2D eigenvalue weighted by Crippen LogP contribution is 2.27. The largest absolute Gasteiger partial charge is 0.329 e. The summed E-state index contributed by atoms with van der Waals surface area (Å²) in [5.41, 5.74) is 1.28. The Morgan fingerprint density at radius 2 is 2.06 bits per heavy atom. The zero-order chi connectivity index (χ0) is 21.7. The second kappa shape index (κ2) is 7.51. The third-order valence-electron chi connectivity index (χ3n) is 5.36. The third kappa shape index (κ3) is 3.39. The Balaban J connectivity index is 1.47. The molecule has 0 radical (unpaired) electrons. The van der Waals surface area contributed by atoms with Crippen molar-refractivity contribution in [3.63, 3.8) is 0 Å². The average molecular weight is 461 g/mol. The van der Waals surface area contributed by atoms with Crippen LogP contribution in [0.5, 0.6) is 0 Å². The van der Waals surface area contributed by atoms with E-state index in [1.165, 1.54) is 24.4 Å².